The van der Waals surface area contributed by atoms with Gasteiger partial charge in [-0.1, -0.05) is 0 Å². The number of pyridine rings is 1. The maximum absolute atomic E-state index is 12.6. The van der Waals surface area contributed by atoms with Crippen LogP contribution in [0.5, 0.6) is 0 Å². The summed E-state index contributed by atoms with van der Waals surface area (Å²) in [6.45, 7) is 0. The van der Waals surface area contributed by atoms with E-state index in [0.29, 0.717) is 0 Å². The van der Waals surface area contributed by atoms with Crippen LogP contribution in [-0.4, -0.2) is 23.0 Å². The van der Waals surface area contributed by atoms with E-state index >= 15 is 0 Å². The molecule has 0 aliphatic heterocycles. The van der Waals surface area contributed by atoms with Gasteiger partial charge in [-0.15, -0.1) is 0 Å². The molecular formula is C8H5F2IN2O4. The lowest BCUT2D eigenvalue weighted by atomic mass is 10.2. The molecule has 0 aliphatic rings. The number of nitrogens with zero attached hydrogens (tertiary/aromatic N) is 2. The first kappa shape index (κ1) is 13.7. The molecule has 0 aliphatic carbocycles. The molecule has 1 aromatic rings. The lowest BCUT2D eigenvalue weighted by molar-refractivity contribution is -0.390. The molecule has 0 saturated carbocycles. The van der Waals surface area contributed by atoms with E-state index in [1.54, 1.807) is 0 Å². The predicted octanol–water partition coefficient (Wildman–Crippen LogP) is 2.32. The molecule has 92 valence electrons. The highest BCUT2D eigenvalue weighted by molar-refractivity contribution is 14.1. The maximum Gasteiger partial charge on any atom is 0.377 e. The molecular weight excluding hydrogens is 353 g/mol. The summed E-state index contributed by atoms with van der Waals surface area (Å²) in [7, 11) is 1.02. The number of alkyl halides is 2. The molecule has 0 bridgehead atoms. The molecule has 0 spiro atoms. The zero-order chi connectivity index (χ0) is 13.2. The Hall–Kier alpha value is -1.39. The monoisotopic (exact) mass is 358 g/mol. The van der Waals surface area contributed by atoms with Crippen LogP contribution in [-0.2, 0) is 4.74 Å². The van der Waals surface area contributed by atoms with Gasteiger partial charge in [0.05, 0.1) is 7.11 Å². The molecule has 0 radical (unpaired) electrons. The predicted molar refractivity (Wildman–Crippen MR) is 59.9 cm³/mol. The fourth-order valence-corrected chi connectivity index (χ4v) is 1.69. The molecule has 0 saturated heterocycles. The molecule has 0 fully saturated rings. The van der Waals surface area contributed by atoms with E-state index in [9.17, 15) is 23.7 Å². The Morgan fingerprint density at radius 1 is 1.65 bits per heavy atom. The topological polar surface area (TPSA) is 82.3 Å². The number of methoxy groups -OCH3 is 1. The number of ether oxygens (including phenoxy) is 1. The summed E-state index contributed by atoms with van der Waals surface area (Å²) < 4.78 is 29.5. The second kappa shape index (κ2) is 5.29. The van der Waals surface area contributed by atoms with Crippen LogP contribution in [0, 0.1) is 13.7 Å². The number of carbonyl (C=O) groups is 1. The van der Waals surface area contributed by atoms with Crippen molar-refractivity contribution < 1.29 is 23.2 Å². The second-order valence-electron chi connectivity index (χ2n) is 2.78. The zero-order valence-corrected chi connectivity index (χ0v) is 10.5. The minimum atomic E-state index is -3.10. The van der Waals surface area contributed by atoms with Gasteiger partial charge in [0.15, 0.2) is 0 Å². The number of carbonyl (C=O) groups excluding carboxylic acids is 1. The van der Waals surface area contributed by atoms with Crippen molar-refractivity contribution in [3.63, 3.8) is 0 Å². The van der Waals surface area contributed by atoms with Crippen LogP contribution in [0.15, 0.2) is 6.07 Å². The first-order chi connectivity index (χ1) is 7.88. The lowest BCUT2D eigenvalue weighted by Crippen LogP contribution is -2.11. The van der Waals surface area contributed by atoms with Gasteiger partial charge in [-0.3, -0.25) is 0 Å². The molecule has 0 N–H and O–H groups in total. The summed E-state index contributed by atoms with van der Waals surface area (Å²) in [5, 5.41) is 10.5. The van der Waals surface area contributed by atoms with Crippen molar-refractivity contribution in [3.8, 4) is 0 Å². The van der Waals surface area contributed by atoms with Crippen molar-refractivity contribution in [2.24, 2.45) is 0 Å². The molecule has 9 heteroatoms. The summed E-state index contributed by atoms with van der Waals surface area (Å²) in [5.41, 5.74) is -1.43. The van der Waals surface area contributed by atoms with Crippen molar-refractivity contribution in [3.05, 3.63) is 31.0 Å². The van der Waals surface area contributed by atoms with Gasteiger partial charge in [-0.05, 0) is 38.6 Å². The number of esters is 1. The average molecular weight is 358 g/mol. The summed E-state index contributed by atoms with van der Waals surface area (Å²) in [5.74, 6) is -1.73. The molecule has 0 atom stereocenters. The van der Waals surface area contributed by atoms with Crippen LogP contribution in [0.1, 0.15) is 22.5 Å². The summed E-state index contributed by atoms with van der Waals surface area (Å²) in [6, 6.07) is 0.957. The van der Waals surface area contributed by atoms with Crippen molar-refractivity contribution >= 4 is 34.4 Å². The Balaban J connectivity index is 3.46. The van der Waals surface area contributed by atoms with Gasteiger partial charge < -0.3 is 14.9 Å². The van der Waals surface area contributed by atoms with Crippen LogP contribution < -0.4 is 0 Å². The fraction of sp³-hybridized carbons (Fsp3) is 0.250. The third-order valence-electron chi connectivity index (χ3n) is 1.77. The van der Waals surface area contributed by atoms with Crippen LogP contribution in [0.4, 0.5) is 14.6 Å². The Bertz CT molecular complexity index is 481. The number of rotatable bonds is 3. The van der Waals surface area contributed by atoms with Gasteiger partial charge in [0.1, 0.15) is 9.13 Å². The van der Waals surface area contributed by atoms with Crippen molar-refractivity contribution in [1.82, 2.24) is 4.98 Å². The maximum atomic E-state index is 12.6. The van der Waals surface area contributed by atoms with E-state index < -0.39 is 34.4 Å². The lowest BCUT2D eigenvalue weighted by Gasteiger charge is -2.04. The van der Waals surface area contributed by atoms with E-state index in [4.69, 9.17) is 0 Å². The summed E-state index contributed by atoms with van der Waals surface area (Å²) in [6.07, 6.45) is -3.10. The third-order valence-corrected chi connectivity index (χ3v) is 2.57. The van der Waals surface area contributed by atoms with Gasteiger partial charge in [0.25, 0.3) is 0 Å². The number of aromatic nitrogens is 1. The second-order valence-corrected chi connectivity index (χ2v) is 3.94. The molecule has 0 amide bonds. The quantitative estimate of drug-likeness (QED) is 0.359. The average Bonchev–Trinajstić information content (AvgIpc) is 2.26. The van der Waals surface area contributed by atoms with E-state index in [1.165, 1.54) is 22.6 Å². The molecule has 1 heterocycles. The largest absolute Gasteiger partial charge is 0.465 e. The van der Waals surface area contributed by atoms with Crippen LogP contribution >= 0.6 is 22.6 Å². The molecule has 0 aromatic carbocycles. The molecule has 17 heavy (non-hydrogen) atoms. The smallest absolute Gasteiger partial charge is 0.377 e. The summed E-state index contributed by atoms with van der Waals surface area (Å²) >= 11 is 1.53. The minimum Gasteiger partial charge on any atom is -0.465 e. The highest BCUT2D eigenvalue weighted by Crippen LogP contribution is 2.28. The van der Waals surface area contributed by atoms with Gasteiger partial charge >= 0.3 is 18.2 Å². The number of halogens is 3. The summed E-state index contributed by atoms with van der Waals surface area (Å²) in [4.78, 5) is 24.0. The van der Waals surface area contributed by atoms with E-state index in [0.717, 1.165) is 13.2 Å². The van der Waals surface area contributed by atoms with Crippen LogP contribution in [0.25, 0.3) is 0 Å². The van der Waals surface area contributed by atoms with Gasteiger partial charge in [0, 0.05) is 0 Å². The van der Waals surface area contributed by atoms with Gasteiger partial charge in [-0.25, -0.2) is 13.6 Å². The van der Waals surface area contributed by atoms with Crippen LogP contribution in [0.3, 0.4) is 0 Å². The normalized spacial score (nSPS) is 10.4. The van der Waals surface area contributed by atoms with E-state index in [2.05, 4.69) is 9.72 Å². The van der Waals surface area contributed by atoms with Gasteiger partial charge in [0.2, 0.25) is 5.69 Å². The Morgan fingerprint density at radius 3 is 2.65 bits per heavy atom. The molecule has 6 nitrogen and oxygen atoms in total. The molecule has 0 unspecified atom stereocenters. The number of nitro groups is 1. The Morgan fingerprint density at radius 2 is 2.24 bits per heavy atom. The Kier molecular flexibility index (Phi) is 4.26. The van der Waals surface area contributed by atoms with Crippen molar-refractivity contribution in [2.45, 2.75) is 6.43 Å². The zero-order valence-electron chi connectivity index (χ0n) is 8.32. The van der Waals surface area contributed by atoms with Crippen molar-refractivity contribution in [1.29, 1.82) is 0 Å². The molecule has 1 rings (SSSR count). The number of hydrogen-bond donors (Lipinski definition) is 0. The van der Waals surface area contributed by atoms with Gasteiger partial charge in [-0.2, -0.15) is 0 Å². The fourth-order valence-electron chi connectivity index (χ4n) is 1.06. The van der Waals surface area contributed by atoms with Crippen LogP contribution in [0.2, 0.25) is 0 Å². The molecule has 1 aromatic heterocycles. The minimum absolute atomic E-state index is 0.0163. The standard InChI is InChI=1S/C8H5F2IN2O4/c1-17-8(14)3-2-4(11)7(13(15)16)12-5(3)6(9)10/h2,6H,1H3. The van der Waals surface area contributed by atoms with E-state index in [-0.39, 0.29) is 3.57 Å². The van der Waals surface area contributed by atoms with E-state index in [1.807, 2.05) is 0 Å². The SMILES string of the molecule is COC(=O)c1cc(I)c([N+](=O)[O-])nc1C(F)F. The third kappa shape index (κ3) is 2.84. The Labute approximate surface area is 107 Å². The highest BCUT2D eigenvalue weighted by Gasteiger charge is 2.30. The highest BCUT2D eigenvalue weighted by atomic mass is 127. The van der Waals surface area contributed by atoms with Crippen molar-refractivity contribution in [2.75, 3.05) is 7.11 Å². The first-order valence-electron chi connectivity index (χ1n) is 4.09. The first-order valence-corrected chi connectivity index (χ1v) is 5.17. The number of hydrogen-bond acceptors (Lipinski definition) is 5.